The first-order valence-electron chi connectivity index (χ1n) is 22.3. The quantitative estimate of drug-likeness (QED) is 0.132. The van der Waals surface area contributed by atoms with Crippen LogP contribution in [0.25, 0.3) is 0 Å². The van der Waals surface area contributed by atoms with Gasteiger partial charge in [-0.3, -0.25) is 29.4 Å². The van der Waals surface area contributed by atoms with Crippen LogP contribution in [0.1, 0.15) is 69.2 Å². The van der Waals surface area contributed by atoms with Crippen LogP contribution in [-0.4, -0.2) is 104 Å². The number of anilines is 3. The number of imide groups is 1. The molecule has 14 nitrogen and oxygen atoms in total. The Morgan fingerprint density at radius 2 is 1.33 bits per heavy atom. The lowest BCUT2D eigenvalue weighted by molar-refractivity contribution is -0.143. The Balaban J connectivity index is 0.981. The standard InChI is InChI=1S/C50H61N7O7/c1-50(2,3)44(52-49(62)63-4)47(60)53-46(59)41-17-11-27-56(41)40-25-21-36(22-26-40)34-55(39-15-9-6-10-16-39)33-35-19-23-38(24-20-35)51-45(58)42-18-12-28-57(42)48(61)43(37-13-7-5-8-14-37)54-29-31-64-32-30-54/h5-10,13-16,19-26,41-44H,11-12,17-18,27-34H2,1-4H3,(H,51,58)(H,52,62)(H,53,59,60)/t41-,42-,43+,44+/m0/s1. The number of amides is 5. The number of methoxy groups -OCH3 is 1. The highest BCUT2D eigenvalue weighted by atomic mass is 16.5. The number of benzene rings is 4. The number of nitrogens with zero attached hydrogens (tertiary/aromatic N) is 4. The molecule has 0 unspecified atom stereocenters. The van der Waals surface area contributed by atoms with Crippen molar-refractivity contribution < 1.29 is 33.4 Å². The topological polar surface area (TPSA) is 153 Å². The van der Waals surface area contributed by atoms with Crippen molar-refractivity contribution >= 4 is 46.8 Å². The summed E-state index contributed by atoms with van der Waals surface area (Å²) in [4.78, 5) is 75.0. The molecular weight excluding hydrogens is 811 g/mol. The number of alkyl carbamates (subject to hydrolysis) is 1. The van der Waals surface area contributed by atoms with Crippen molar-refractivity contribution in [2.45, 2.75) is 83.7 Å². The monoisotopic (exact) mass is 871 g/mol. The fourth-order valence-electron chi connectivity index (χ4n) is 8.95. The van der Waals surface area contributed by atoms with E-state index in [1.54, 1.807) is 4.90 Å². The Labute approximate surface area is 376 Å². The summed E-state index contributed by atoms with van der Waals surface area (Å²) in [5, 5.41) is 8.21. The second kappa shape index (κ2) is 21.0. The molecule has 64 heavy (non-hydrogen) atoms. The molecule has 3 fully saturated rings. The lowest BCUT2D eigenvalue weighted by Gasteiger charge is -2.37. The average Bonchev–Trinajstić information content (AvgIpc) is 4.01. The van der Waals surface area contributed by atoms with Crippen LogP contribution in [0.4, 0.5) is 21.9 Å². The molecule has 4 atom stereocenters. The molecule has 0 bridgehead atoms. The summed E-state index contributed by atoms with van der Waals surface area (Å²) in [7, 11) is 1.23. The van der Waals surface area contributed by atoms with Gasteiger partial charge in [0.1, 0.15) is 24.2 Å². The van der Waals surface area contributed by atoms with E-state index in [4.69, 9.17) is 9.47 Å². The Morgan fingerprint density at radius 3 is 1.95 bits per heavy atom. The third-order valence-electron chi connectivity index (χ3n) is 12.3. The minimum absolute atomic E-state index is 0.0464. The zero-order valence-electron chi connectivity index (χ0n) is 37.3. The molecule has 3 aliphatic rings. The molecule has 0 aromatic heterocycles. The number of hydrogen-bond acceptors (Lipinski definition) is 10. The highest BCUT2D eigenvalue weighted by Gasteiger charge is 2.41. The molecule has 0 spiro atoms. The van der Waals surface area contributed by atoms with Crippen LogP contribution < -0.4 is 25.8 Å². The summed E-state index contributed by atoms with van der Waals surface area (Å²) < 4.78 is 10.3. The van der Waals surface area contributed by atoms with Gasteiger partial charge in [0, 0.05) is 56.3 Å². The fourth-order valence-corrected chi connectivity index (χ4v) is 8.95. The Kier molecular flexibility index (Phi) is 15.0. The molecule has 14 heteroatoms. The molecule has 4 aromatic carbocycles. The lowest BCUT2D eigenvalue weighted by Crippen LogP contribution is -2.57. The number of hydrogen-bond donors (Lipinski definition) is 3. The molecular formula is C50H61N7O7. The smallest absolute Gasteiger partial charge is 0.407 e. The Bertz CT molecular complexity index is 2210. The molecule has 0 aliphatic carbocycles. The van der Waals surface area contributed by atoms with Crippen LogP contribution in [0.3, 0.4) is 0 Å². The minimum atomic E-state index is -0.962. The van der Waals surface area contributed by atoms with Gasteiger partial charge in [0.05, 0.1) is 20.3 Å². The van der Waals surface area contributed by atoms with Crippen LogP contribution in [0, 0.1) is 5.41 Å². The number of rotatable bonds is 14. The molecule has 5 amide bonds. The molecule has 338 valence electrons. The van der Waals surface area contributed by atoms with Gasteiger partial charge < -0.3 is 34.8 Å². The molecule has 7 rings (SSSR count). The summed E-state index contributed by atoms with van der Waals surface area (Å²) in [6.07, 6.45) is 2.03. The number of carbonyl (C=O) groups is 5. The second-order valence-corrected chi connectivity index (χ2v) is 17.8. The maximum absolute atomic E-state index is 14.2. The van der Waals surface area contributed by atoms with Gasteiger partial charge in [-0.25, -0.2) is 4.79 Å². The third kappa shape index (κ3) is 11.3. The summed E-state index contributed by atoms with van der Waals surface area (Å²) in [6, 6.07) is 33.5. The minimum Gasteiger partial charge on any atom is -0.453 e. The number of morpholine rings is 1. The first kappa shape index (κ1) is 45.8. The van der Waals surface area contributed by atoms with Crippen molar-refractivity contribution in [2.75, 3.05) is 61.6 Å². The largest absolute Gasteiger partial charge is 0.453 e. The van der Waals surface area contributed by atoms with Crippen molar-refractivity contribution in [3.05, 3.63) is 126 Å². The van der Waals surface area contributed by atoms with Crippen LogP contribution >= 0.6 is 0 Å². The zero-order chi connectivity index (χ0) is 45.2. The molecule has 4 aromatic rings. The predicted molar refractivity (Wildman–Crippen MR) is 246 cm³/mol. The normalized spacial score (nSPS) is 18.8. The summed E-state index contributed by atoms with van der Waals surface area (Å²) >= 11 is 0. The van der Waals surface area contributed by atoms with E-state index < -0.39 is 47.5 Å². The van der Waals surface area contributed by atoms with Crippen molar-refractivity contribution in [3.63, 3.8) is 0 Å². The molecule has 0 radical (unpaired) electrons. The van der Waals surface area contributed by atoms with Gasteiger partial charge in [0.25, 0.3) is 0 Å². The maximum atomic E-state index is 14.2. The van der Waals surface area contributed by atoms with E-state index in [-0.39, 0.29) is 11.8 Å². The van der Waals surface area contributed by atoms with Gasteiger partial charge in [-0.1, -0.05) is 93.6 Å². The molecule has 3 aliphatic heterocycles. The van der Waals surface area contributed by atoms with Gasteiger partial charge in [0.15, 0.2) is 0 Å². The zero-order valence-corrected chi connectivity index (χ0v) is 37.3. The number of carbonyl (C=O) groups excluding carboxylic acids is 5. The first-order valence-corrected chi connectivity index (χ1v) is 22.3. The van der Waals surface area contributed by atoms with Gasteiger partial charge in [-0.05, 0) is 84.2 Å². The lowest BCUT2D eigenvalue weighted by atomic mass is 9.86. The van der Waals surface area contributed by atoms with Crippen molar-refractivity contribution in [3.8, 4) is 0 Å². The van der Waals surface area contributed by atoms with Crippen molar-refractivity contribution in [2.24, 2.45) is 5.41 Å². The number of ether oxygens (including phenoxy) is 2. The van der Waals surface area contributed by atoms with E-state index in [0.29, 0.717) is 71.0 Å². The van der Waals surface area contributed by atoms with Crippen LogP contribution in [0.15, 0.2) is 109 Å². The van der Waals surface area contributed by atoms with Gasteiger partial charge >= 0.3 is 6.09 Å². The highest BCUT2D eigenvalue weighted by molar-refractivity contribution is 6.02. The van der Waals surface area contributed by atoms with Crippen LogP contribution in [-0.2, 0) is 41.7 Å². The Hall–Kier alpha value is -6.25. The van der Waals surface area contributed by atoms with Crippen molar-refractivity contribution in [1.29, 1.82) is 0 Å². The molecule has 3 N–H and O–H groups in total. The van der Waals surface area contributed by atoms with Crippen LogP contribution in [0.2, 0.25) is 0 Å². The fraction of sp³-hybridized carbons (Fsp3) is 0.420. The van der Waals surface area contributed by atoms with Gasteiger partial charge in [-0.2, -0.15) is 0 Å². The predicted octanol–water partition coefficient (Wildman–Crippen LogP) is 6.28. The maximum Gasteiger partial charge on any atom is 0.407 e. The average molecular weight is 872 g/mol. The van der Waals surface area contributed by atoms with E-state index in [9.17, 15) is 24.0 Å². The van der Waals surface area contributed by atoms with Gasteiger partial charge in [-0.15, -0.1) is 0 Å². The van der Waals surface area contributed by atoms with E-state index in [0.717, 1.165) is 40.9 Å². The van der Waals surface area contributed by atoms with Gasteiger partial charge in [0.2, 0.25) is 23.6 Å². The summed E-state index contributed by atoms with van der Waals surface area (Å²) in [5.74, 6) is -1.21. The van der Waals surface area contributed by atoms with Crippen molar-refractivity contribution in [1.82, 2.24) is 20.4 Å². The molecule has 3 saturated heterocycles. The van der Waals surface area contributed by atoms with E-state index in [1.807, 2.05) is 111 Å². The van der Waals surface area contributed by atoms with E-state index in [2.05, 4.69) is 50.0 Å². The first-order chi connectivity index (χ1) is 30.9. The molecule has 3 heterocycles. The molecule has 0 saturated carbocycles. The van der Waals surface area contributed by atoms with Crippen LogP contribution in [0.5, 0.6) is 0 Å². The van der Waals surface area contributed by atoms with E-state index in [1.165, 1.54) is 7.11 Å². The SMILES string of the molecule is COC(=O)N[C@H](C(=O)NC(=O)[C@@H]1CCCN1c1ccc(CN(Cc2ccc(NC(=O)[C@@H]3CCCN3C(=O)[C@@H](c3ccccc3)N3CCOCC3)cc2)c2ccccc2)cc1)C(C)(C)C. The summed E-state index contributed by atoms with van der Waals surface area (Å²) in [6.45, 7) is 10.3. The second-order valence-electron chi connectivity index (χ2n) is 17.8. The highest BCUT2D eigenvalue weighted by Crippen LogP contribution is 2.31. The number of nitrogens with one attached hydrogen (secondary N) is 3. The number of likely N-dealkylation sites (tertiary alicyclic amines) is 1. The number of para-hydroxylation sites is 1. The summed E-state index contributed by atoms with van der Waals surface area (Å²) in [5.41, 5.74) is 5.02. The Morgan fingerprint density at radius 1 is 0.734 bits per heavy atom. The third-order valence-corrected chi connectivity index (χ3v) is 12.3. The van der Waals surface area contributed by atoms with E-state index >= 15 is 0 Å².